The summed E-state index contributed by atoms with van der Waals surface area (Å²) >= 11 is 0. The minimum Gasteiger partial charge on any atom is -0.494 e. The Morgan fingerprint density at radius 2 is 1.76 bits per heavy atom. The molecule has 0 radical (unpaired) electrons. The number of hydrazone groups is 1. The number of anilines is 1. The predicted octanol–water partition coefficient (Wildman–Crippen LogP) is 4.02. The van der Waals surface area contributed by atoms with Crippen molar-refractivity contribution in [2.75, 3.05) is 18.6 Å². The fraction of sp³-hybridized carbons (Fsp3) is 0.263. The largest absolute Gasteiger partial charge is 0.494 e. The lowest BCUT2D eigenvalue weighted by molar-refractivity contribution is 0.0697. The van der Waals surface area contributed by atoms with Gasteiger partial charge in [0.2, 0.25) is 0 Å². The highest BCUT2D eigenvalue weighted by Crippen LogP contribution is 2.25. The number of nitrogens with zero attached hydrogens (tertiary/aromatic N) is 1. The van der Waals surface area contributed by atoms with Crippen molar-refractivity contribution >= 4 is 17.4 Å². The van der Waals surface area contributed by atoms with Crippen LogP contribution >= 0.6 is 0 Å². The van der Waals surface area contributed by atoms with E-state index in [1.54, 1.807) is 12.1 Å². The van der Waals surface area contributed by atoms with E-state index < -0.39 is 5.97 Å². The van der Waals surface area contributed by atoms with Crippen LogP contribution in [0.25, 0.3) is 0 Å². The number of carboxylic acid groups (broad SMARTS) is 1. The summed E-state index contributed by atoms with van der Waals surface area (Å²) in [6.07, 6.45) is 0. The molecule has 132 valence electrons. The first-order valence-electron chi connectivity index (χ1n) is 8.08. The summed E-state index contributed by atoms with van der Waals surface area (Å²) in [5.74, 6) is 0.525. The summed E-state index contributed by atoms with van der Waals surface area (Å²) in [5.41, 5.74) is 5.42. The van der Waals surface area contributed by atoms with Gasteiger partial charge in [-0.3, -0.25) is 5.43 Å². The molecule has 0 amide bonds. The SMILES string of the molecule is CCOc1ccc(OCC)c(/C(C)=N\Nc2ccc(C(=O)O)cc2)c1. The molecule has 6 nitrogen and oxygen atoms in total. The number of hydrogen-bond donors (Lipinski definition) is 2. The van der Waals surface area contributed by atoms with Crippen LogP contribution in [-0.2, 0) is 0 Å². The van der Waals surface area contributed by atoms with E-state index in [1.807, 2.05) is 39.0 Å². The van der Waals surface area contributed by atoms with Crippen LogP contribution in [0.3, 0.4) is 0 Å². The normalized spacial score (nSPS) is 11.1. The van der Waals surface area contributed by atoms with Crippen LogP contribution in [0.1, 0.15) is 36.7 Å². The molecule has 0 aliphatic rings. The summed E-state index contributed by atoms with van der Waals surface area (Å²) in [6.45, 7) is 6.86. The maximum absolute atomic E-state index is 10.9. The third-order valence-corrected chi connectivity index (χ3v) is 3.44. The lowest BCUT2D eigenvalue weighted by atomic mass is 10.1. The molecule has 0 aromatic heterocycles. The summed E-state index contributed by atoms with van der Waals surface area (Å²) in [7, 11) is 0. The molecule has 2 rings (SSSR count). The van der Waals surface area contributed by atoms with Gasteiger partial charge in [0, 0.05) is 5.56 Å². The second-order valence-corrected chi connectivity index (χ2v) is 5.22. The topological polar surface area (TPSA) is 80.2 Å². The monoisotopic (exact) mass is 342 g/mol. The minimum atomic E-state index is -0.958. The molecule has 0 saturated heterocycles. The Kier molecular flexibility index (Phi) is 6.39. The van der Waals surface area contributed by atoms with Gasteiger partial charge in [-0.1, -0.05) is 0 Å². The molecule has 2 aromatic rings. The van der Waals surface area contributed by atoms with Gasteiger partial charge in [0.15, 0.2) is 0 Å². The molecule has 0 spiro atoms. The van der Waals surface area contributed by atoms with Gasteiger partial charge in [-0.2, -0.15) is 5.10 Å². The molecule has 2 N–H and O–H groups in total. The molecule has 0 saturated carbocycles. The van der Waals surface area contributed by atoms with Gasteiger partial charge in [0.05, 0.1) is 30.2 Å². The zero-order valence-corrected chi connectivity index (χ0v) is 14.6. The molecule has 0 bridgehead atoms. The van der Waals surface area contributed by atoms with Crippen molar-refractivity contribution in [3.05, 3.63) is 53.6 Å². The lowest BCUT2D eigenvalue weighted by Crippen LogP contribution is -2.05. The van der Waals surface area contributed by atoms with E-state index in [-0.39, 0.29) is 5.56 Å². The Bertz CT molecular complexity index is 755. The molecule has 2 aromatic carbocycles. The zero-order valence-electron chi connectivity index (χ0n) is 14.6. The molecular weight excluding hydrogens is 320 g/mol. The number of aromatic carboxylic acids is 1. The van der Waals surface area contributed by atoms with Crippen LogP contribution in [0.5, 0.6) is 11.5 Å². The maximum atomic E-state index is 10.9. The maximum Gasteiger partial charge on any atom is 0.335 e. The molecule has 0 atom stereocenters. The molecule has 0 aliphatic carbocycles. The predicted molar refractivity (Wildman–Crippen MR) is 98.0 cm³/mol. The average Bonchev–Trinajstić information content (AvgIpc) is 2.61. The molecule has 6 heteroatoms. The first kappa shape index (κ1) is 18.3. The van der Waals surface area contributed by atoms with Crippen LogP contribution in [0, 0.1) is 0 Å². The quantitative estimate of drug-likeness (QED) is 0.559. The number of nitrogens with one attached hydrogen (secondary N) is 1. The van der Waals surface area contributed by atoms with Crippen molar-refractivity contribution in [1.82, 2.24) is 0 Å². The highest BCUT2D eigenvalue weighted by molar-refractivity contribution is 6.01. The minimum absolute atomic E-state index is 0.231. The van der Waals surface area contributed by atoms with Crippen LogP contribution in [-0.4, -0.2) is 30.0 Å². The number of carbonyl (C=O) groups is 1. The lowest BCUT2D eigenvalue weighted by Gasteiger charge is -2.12. The van der Waals surface area contributed by atoms with Crippen LogP contribution in [0.15, 0.2) is 47.6 Å². The van der Waals surface area contributed by atoms with Gasteiger partial charge < -0.3 is 14.6 Å². The van der Waals surface area contributed by atoms with E-state index in [0.717, 1.165) is 22.8 Å². The zero-order chi connectivity index (χ0) is 18.2. The smallest absolute Gasteiger partial charge is 0.335 e. The summed E-state index contributed by atoms with van der Waals surface area (Å²) in [6, 6.07) is 12.0. The highest BCUT2D eigenvalue weighted by atomic mass is 16.5. The molecular formula is C19H22N2O4. The molecule has 0 heterocycles. The van der Waals surface area contributed by atoms with E-state index in [1.165, 1.54) is 12.1 Å². The van der Waals surface area contributed by atoms with Crippen molar-refractivity contribution in [3.8, 4) is 11.5 Å². The molecule has 0 aliphatic heterocycles. The van der Waals surface area contributed by atoms with Crippen molar-refractivity contribution in [2.45, 2.75) is 20.8 Å². The Morgan fingerprint density at radius 1 is 1.08 bits per heavy atom. The number of rotatable bonds is 8. The fourth-order valence-electron chi connectivity index (χ4n) is 2.23. The van der Waals surface area contributed by atoms with Gasteiger partial charge in [-0.15, -0.1) is 0 Å². The second kappa shape index (κ2) is 8.73. The third kappa shape index (κ3) is 4.97. The molecule has 0 fully saturated rings. The number of hydrogen-bond acceptors (Lipinski definition) is 5. The van der Waals surface area contributed by atoms with Crippen LogP contribution < -0.4 is 14.9 Å². The summed E-state index contributed by atoms with van der Waals surface area (Å²) in [5, 5.41) is 13.3. The van der Waals surface area contributed by atoms with Crippen molar-refractivity contribution in [3.63, 3.8) is 0 Å². The Hall–Kier alpha value is -3.02. The first-order chi connectivity index (χ1) is 12.0. The first-order valence-corrected chi connectivity index (χ1v) is 8.08. The van der Waals surface area contributed by atoms with E-state index in [9.17, 15) is 4.79 Å². The summed E-state index contributed by atoms with van der Waals surface area (Å²) in [4.78, 5) is 10.9. The number of benzene rings is 2. The van der Waals surface area contributed by atoms with Gasteiger partial charge in [-0.25, -0.2) is 4.79 Å². The van der Waals surface area contributed by atoms with Gasteiger partial charge in [-0.05, 0) is 63.2 Å². The third-order valence-electron chi connectivity index (χ3n) is 3.44. The second-order valence-electron chi connectivity index (χ2n) is 5.22. The average molecular weight is 342 g/mol. The van der Waals surface area contributed by atoms with E-state index in [2.05, 4.69) is 10.5 Å². The Morgan fingerprint density at radius 3 is 2.36 bits per heavy atom. The summed E-state index contributed by atoms with van der Waals surface area (Å²) < 4.78 is 11.2. The highest BCUT2D eigenvalue weighted by Gasteiger charge is 2.09. The van der Waals surface area contributed by atoms with Crippen molar-refractivity contribution in [2.24, 2.45) is 5.10 Å². The van der Waals surface area contributed by atoms with Gasteiger partial charge in [0.25, 0.3) is 0 Å². The van der Waals surface area contributed by atoms with Crippen molar-refractivity contribution < 1.29 is 19.4 Å². The van der Waals surface area contributed by atoms with E-state index in [0.29, 0.717) is 18.9 Å². The molecule has 25 heavy (non-hydrogen) atoms. The molecule has 0 unspecified atom stereocenters. The number of carboxylic acids is 1. The standard InChI is InChI=1S/C19H22N2O4/c1-4-24-16-10-11-18(25-5-2)17(12-16)13(3)20-21-15-8-6-14(7-9-15)19(22)23/h6-12,21H,4-5H2,1-3H3,(H,22,23)/b20-13-. The Balaban J connectivity index is 2.22. The van der Waals surface area contributed by atoms with Gasteiger partial charge >= 0.3 is 5.97 Å². The number of ether oxygens (including phenoxy) is 2. The van der Waals surface area contributed by atoms with E-state index >= 15 is 0 Å². The fourth-order valence-corrected chi connectivity index (χ4v) is 2.23. The van der Waals surface area contributed by atoms with Crippen LogP contribution in [0.4, 0.5) is 5.69 Å². The van der Waals surface area contributed by atoms with Crippen molar-refractivity contribution in [1.29, 1.82) is 0 Å². The Labute approximate surface area is 147 Å². The van der Waals surface area contributed by atoms with E-state index in [4.69, 9.17) is 14.6 Å². The van der Waals surface area contributed by atoms with Gasteiger partial charge in [0.1, 0.15) is 11.5 Å². The van der Waals surface area contributed by atoms with Crippen LogP contribution in [0.2, 0.25) is 0 Å².